The molecule has 2 atom stereocenters. The Morgan fingerprint density at radius 1 is 1.10 bits per heavy atom. The van der Waals surface area contributed by atoms with E-state index in [0.29, 0.717) is 31.8 Å². The molecule has 0 bridgehead atoms. The van der Waals surface area contributed by atoms with Crippen molar-refractivity contribution in [2.24, 2.45) is 5.92 Å². The van der Waals surface area contributed by atoms with Gasteiger partial charge in [-0.05, 0) is 45.1 Å². The van der Waals surface area contributed by atoms with Crippen molar-refractivity contribution in [3.05, 3.63) is 0 Å². The zero-order valence-electron chi connectivity index (χ0n) is 11.6. The quantitative estimate of drug-likeness (QED) is 0.739. The van der Waals surface area contributed by atoms with Gasteiger partial charge in [0, 0.05) is 18.5 Å². The second-order valence-corrected chi connectivity index (χ2v) is 6.00. The largest absolute Gasteiger partial charge is 0.391 e. The van der Waals surface area contributed by atoms with Crippen LogP contribution in [0.1, 0.15) is 51.4 Å². The van der Waals surface area contributed by atoms with Crippen LogP contribution < -0.4 is 10.6 Å². The molecule has 20 heavy (non-hydrogen) atoms. The lowest BCUT2D eigenvalue weighted by Crippen LogP contribution is -2.39. The summed E-state index contributed by atoms with van der Waals surface area (Å²) in [6.45, 7) is 0.618. The number of rotatable bonds is 6. The number of hydrogen-bond acceptors (Lipinski definition) is 2. The van der Waals surface area contributed by atoms with Crippen LogP contribution in [0.2, 0.25) is 0 Å². The van der Waals surface area contributed by atoms with Gasteiger partial charge in [-0.1, -0.05) is 6.42 Å². The summed E-state index contributed by atoms with van der Waals surface area (Å²) in [5.41, 5.74) is 0. The molecule has 2 aliphatic carbocycles. The molecule has 116 valence electrons. The lowest BCUT2D eigenvalue weighted by atomic mass is 9.85. The molecule has 6 heteroatoms. The lowest BCUT2D eigenvalue weighted by molar-refractivity contribution is -0.183. The van der Waals surface area contributed by atoms with Crippen LogP contribution in [-0.4, -0.2) is 30.7 Å². The predicted octanol–water partition coefficient (Wildman–Crippen LogP) is 2.76. The van der Waals surface area contributed by atoms with Gasteiger partial charge in [0.1, 0.15) is 0 Å². The molecule has 0 heterocycles. The maximum absolute atomic E-state index is 12.7. The third-order valence-electron chi connectivity index (χ3n) is 4.09. The highest BCUT2D eigenvalue weighted by Gasteiger charge is 2.41. The van der Waals surface area contributed by atoms with Crippen molar-refractivity contribution in [2.45, 2.75) is 69.6 Å². The van der Waals surface area contributed by atoms with Crippen LogP contribution in [0.5, 0.6) is 0 Å². The van der Waals surface area contributed by atoms with Gasteiger partial charge in [-0.3, -0.25) is 4.79 Å². The van der Waals surface area contributed by atoms with E-state index in [0.717, 1.165) is 19.3 Å². The van der Waals surface area contributed by atoms with Crippen molar-refractivity contribution in [2.75, 3.05) is 6.54 Å². The van der Waals surface area contributed by atoms with Gasteiger partial charge in [0.2, 0.25) is 5.91 Å². The van der Waals surface area contributed by atoms with Crippen molar-refractivity contribution >= 4 is 5.91 Å². The number of hydrogen-bond donors (Lipinski definition) is 2. The molecule has 2 saturated carbocycles. The Morgan fingerprint density at radius 2 is 1.85 bits per heavy atom. The fraction of sp³-hybridized carbons (Fsp3) is 0.929. The summed E-state index contributed by atoms with van der Waals surface area (Å²) in [4.78, 5) is 11.4. The van der Waals surface area contributed by atoms with Crippen molar-refractivity contribution < 1.29 is 18.0 Å². The van der Waals surface area contributed by atoms with E-state index < -0.39 is 12.1 Å². The van der Waals surface area contributed by atoms with Crippen molar-refractivity contribution in [3.8, 4) is 0 Å². The molecular formula is C14H23F3N2O. The van der Waals surface area contributed by atoms with Crippen molar-refractivity contribution in [1.82, 2.24) is 10.6 Å². The third kappa shape index (κ3) is 5.31. The molecule has 0 saturated heterocycles. The van der Waals surface area contributed by atoms with E-state index in [-0.39, 0.29) is 24.8 Å². The van der Waals surface area contributed by atoms with Crippen LogP contribution in [-0.2, 0) is 4.79 Å². The normalized spacial score (nSPS) is 27.4. The lowest BCUT2D eigenvalue weighted by Gasteiger charge is -2.31. The Labute approximate surface area is 117 Å². The number of nitrogens with one attached hydrogen (secondary N) is 2. The highest BCUT2D eigenvalue weighted by molar-refractivity contribution is 5.76. The van der Waals surface area contributed by atoms with Gasteiger partial charge in [-0.15, -0.1) is 0 Å². The highest BCUT2D eigenvalue weighted by Crippen LogP contribution is 2.37. The molecule has 2 rings (SSSR count). The van der Waals surface area contributed by atoms with E-state index in [1.165, 1.54) is 0 Å². The minimum atomic E-state index is -4.06. The van der Waals surface area contributed by atoms with Crippen LogP contribution in [0.4, 0.5) is 13.2 Å². The van der Waals surface area contributed by atoms with E-state index in [4.69, 9.17) is 0 Å². The van der Waals surface area contributed by atoms with Crippen LogP contribution in [0.3, 0.4) is 0 Å². The summed E-state index contributed by atoms with van der Waals surface area (Å²) in [7, 11) is 0. The van der Waals surface area contributed by atoms with Crippen LogP contribution in [0.25, 0.3) is 0 Å². The summed E-state index contributed by atoms with van der Waals surface area (Å²) in [6.07, 6.45) is 1.10. The van der Waals surface area contributed by atoms with Gasteiger partial charge in [-0.2, -0.15) is 13.2 Å². The highest BCUT2D eigenvalue weighted by atomic mass is 19.4. The first-order chi connectivity index (χ1) is 9.45. The number of carbonyl (C=O) groups is 1. The van der Waals surface area contributed by atoms with Gasteiger partial charge >= 0.3 is 6.18 Å². The number of carbonyl (C=O) groups excluding carboxylic acids is 1. The molecular weight excluding hydrogens is 269 g/mol. The predicted molar refractivity (Wildman–Crippen MR) is 70.2 cm³/mol. The number of halogens is 3. The van der Waals surface area contributed by atoms with Gasteiger partial charge in [-0.25, -0.2) is 0 Å². The maximum atomic E-state index is 12.7. The Bertz CT molecular complexity index is 329. The van der Waals surface area contributed by atoms with E-state index >= 15 is 0 Å². The molecule has 0 spiro atoms. The number of amides is 1. The summed E-state index contributed by atoms with van der Waals surface area (Å²) < 4.78 is 38.0. The van der Waals surface area contributed by atoms with Gasteiger partial charge < -0.3 is 10.6 Å². The van der Waals surface area contributed by atoms with Crippen molar-refractivity contribution in [3.63, 3.8) is 0 Å². The fourth-order valence-electron chi connectivity index (χ4n) is 2.76. The zero-order chi connectivity index (χ0) is 14.6. The van der Waals surface area contributed by atoms with Crippen molar-refractivity contribution in [1.29, 1.82) is 0 Å². The second kappa shape index (κ2) is 6.78. The summed E-state index contributed by atoms with van der Waals surface area (Å²) in [5.74, 6) is -1.10. The van der Waals surface area contributed by atoms with Gasteiger partial charge in [0.05, 0.1) is 5.92 Å². The first-order valence-electron chi connectivity index (χ1n) is 7.54. The molecule has 1 amide bonds. The van der Waals surface area contributed by atoms with E-state index in [1.807, 2.05) is 0 Å². The second-order valence-electron chi connectivity index (χ2n) is 6.00. The van der Waals surface area contributed by atoms with Crippen LogP contribution in [0.15, 0.2) is 0 Å². The molecule has 0 aromatic heterocycles. The topological polar surface area (TPSA) is 41.1 Å². The Kier molecular flexibility index (Phi) is 5.29. The fourth-order valence-corrected chi connectivity index (χ4v) is 2.76. The molecule has 2 N–H and O–H groups in total. The molecule has 2 fully saturated rings. The molecule has 3 nitrogen and oxygen atoms in total. The standard InChI is InChI=1S/C14H23F3N2O/c15-14(16,17)10-3-1-4-12(9-10)18-8-2-5-13(20)19-11-6-7-11/h10-12,18H,1-9H2,(H,19,20). The average Bonchev–Trinajstić information content (AvgIpc) is 3.18. The molecule has 2 aliphatic rings. The molecule has 0 aliphatic heterocycles. The minimum Gasteiger partial charge on any atom is -0.353 e. The summed E-state index contributed by atoms with van der Waals surface area (Å²) in [6, 6.07) is 0.322. The average molecular weight is 292 g/mol. The van der Waals surface area contributed by atoms with Crippen LogP contribution in [0, 0.1) is 5.92 Å². The summed E-state index contributed by atoms with van der Waals surface area (Å²) >= 11 is 0. The first kappa shape index (κ1) is 15.6. The number of alkyl halides is 3. The Balaban J connectivity index is 1.57. The molecule has 2 unspecified atom stereocenters. The Morgan fingerprint density at radius 3 is 2.50 bits per heavy atom. The molecule has 0 radical (unpaired) electrons. The Hall–Kier alpha value is -0.780. The summed E-state index contributed by atoms with van der Waals surface area (Å²) in [5, 5.41) is 6.07. The van der Waals surface area contributed by atoms with Crippen LogP contribution >= 0.6 is 0 Å². The van der Waals surface area contributed by atoms with E-state index in [9.17, 15) is 18.0 Å². The van der Waals surface area contributed by atoms with E-state index in [1.54, 1.807) is 0 Å². The minimum absolute atomic E-state index is 0.0538. The van der Waals surface area contributed by atoms with E-state index in [2.05, 4.69) is 10.6 Å². The third-order valence-corrected chi connectivity index (χ3v) is 4.09. The van der Waals surface area contributed by atoms with Gasteiger partial charge in [0.15, 0.2) is 0 Å². The first-order valence-corrected chi connectivity index (χ1v) is 7.54. The SMILES string of the molecule is O=C(CCCNC1CCCC(C(F)(F)F)C1)NC1CC1. The molecule has 0 aromatic rings. The molecule has 0 aromatic carbocycles. The maximum Gasteiger partial charge on any atom is 0.391 e. The zero-order valence-corrected chi connectivity index (χ0v) is 11.6. The smallest absolute Gasteiger partial charge is 0.353 e. The monoisotopic (exact) mass is 292 g/mol. The van der Waals surface area contributed by atoms with Gasteiger partial charge in [0.25, 0.3) is 0 Å².